The molecule has 0 amide bonds. The summed E-state index contributed by atoms with van der Waals surface area (Å²) >= 11 is 0. The van der Waals surface area contributed by atoms with E-state index < -0.39 is 7.37 Å². The fraction of sp³-hybridized carbons (Fsp3) is 0.314. The SMILES string of the molecule is Cc1ccc(C(CCCOc2ccc(CNCCCP(C)(=O)Oc3ccccc3)cc2)c2cccc(F)c2)cc1C. The Kier molecular flexibility index (Phi) is 11.2. The first-order valence-electron chi connectivity index (χ1n) is 14.4. The normalized spacial score (nSPS) is 13.4. The molecule has 4 aromatic carbocycles. The van der Waals surface area contributed by atoms with Crippen molar-refractivity contribution in [3.05, 3.63) is 131 Å². The van der Waals surface area contributed by atoms with Crippen LogP contribution in [0, 0.1) is 19.7 Å². The van der Waals surface area contributed by atoms with Crippen LogP contribution < -0.4 is 14.6 Å². The molecule has 0 saturated heterocycles. The monoisotopic (exact) mass is 573 g/mol. The highest BCUT2D eigenvalue weighted by atomic mass is 31.2. The molecule has 0 saturated carbocycles. The van der Waals surface area contributed by atoms with Crippen molar-refractivity contribution >= 4 is 7.37 Å². The molecule has 41 heavy (non-hydrogen) atoms. The number of aryl methyl sites for hydroxylation is 2. The number of hydrogen-bond acceptors (Lipinski definition) is 4. The van der Waals surface area contributed by atoms with Crippen molar-refractivity contribution in [3.63, 3.8) is 0 Å². The lowest BCUT2D eigenvalue weighted by Crippen LogP contribution is -2.16. The quantitative estimate of drug-likeness (QED) is 0.114. The highest BCUT2D eigenvalue weighted by Crippen LogP contribution is 2.43. The molecule has 0 fully saturated rings. The van der Waals surface area contributed by atoms with Gasteiger partial charge in [-0.2, -0.15) is 0 Å². The molecule has 4 rings (SSSR count). The van der Waals surface area contributed by atoms with Crippen LogP contribution in [0.3, 0.4) is 0 Å². The summed E-state index contributed by atoms with van der Waals surface area (Å²) in [7, 11) is -2.67. The molecular weight excluding hydrogens is 532 g/mol. The molecule has 1 N–H and O–H groups in total. The topological polar surface area (TPSA) is 47.6 Å². The van der Waals surface area contributed by atoms with Gasteiger partial charge in [-0.25, -0.2) is 4.39 Å². The summed E-state index contributed by atoms with van der Waals surface area (Å²) < 4.78 is 38.5. The van der Waals surface area contributed by atoms with Gasteiger partial charge in [0, 0.05) is 25.3 Å². The van der Waals surface area contributed by atoms with Crippen LogP contribution >= 0.6 is 7.37 Å². The van der Waals surface area contributed by atoms with Crippen LogP contribution in [0.25, 0.3) is 0 Å². The summed E-state index contributed by atoms with van der Waals surface area (Å²) in [6, 6.07) is 30.9. The van der Waals surface area contributed by atoms with Crippen LogP contribution in [0.5, 0.6) is 11.5 Å². The van der Waals surface area contributed by atoms with Crippen molar-refractivity contribution in [2.45, 2.75) is 45.6 Å². The largest absolute Gasteiger partial charge is 0.494 e. The summed E-state index contributed by atoms with van der Waals surface area (Å²) in [6.07, 6.45) is 3.04. The lowest BCUT2D eigenvalue weighted by molar-refractivity contribution is 0.304. The second kappa shape index (κ2) is 15.0. The average molecular weight is 574 g/mol. The Hall–Kier alpha value is -3.40. The van der Waals surface area contributed by atoms with E-state index in [4.69, 9.17) is 9.26 Å². The van der Waals surface area contributed by atoms with Crippen molar-refractivity contribution in [3.8, 4) is 11.5 Å². The summed E-state index contributed by atoms with van der Waals surface area (Å²) in [6.45, 7) is 8.02. The van der Waals surface area contributed by atoms with Gasteiger partial charge in [0.1, 0.15) is 17.3 Å². The zero-order chi connectivity index (χ0) is 29.1. The summed E-state index contributed by atoms with van der Waals surface area (Å²) in [4.78, 5) is 0. The van der Waals surface area contributed by atoms with Gasteiger partial charge in [-0.05, 0) is 104 Å². The maximum Gasteiger partial charge on any atom is 0.245 e. The number of nitrogens with one attached hydrogen (secondary N) is 1. The van der Waals surface area contributed by atoms with Gasteiger partial charge in [0.05, 0.1) is 6.61 Å². The molecule has 0 heterocycles. The molecule has 216 valence electrons. The number of benzene rings is 4. The van der Waals surface area contributed by atoms with E-state index in [2.05, 4.69) is 49.5 Å². The highest BCUT2D eigenvalue weighted by Gasteiger charge is 2.17. The molecule has 4 nitrogen and oxygen atoms in total. The first kappa shape index (κ1) is 30.6. The minimum atomic E-state index is -2.67. The highest BCUT2D eigenvalue weighted by molar-refractivity contribution is 7.58. The molecule has 6 heteroatoms. The van der Waals surface area contributed by atoms with Gasteiger partial charge < -0.3 is 14.6 Å². The molecular formula is C35H41FNO3P. The number of para-hydroxylation sites is 1. The number of ether oxygens (including phenoxy) is 1. The Morgan fingerprint density at radius 3 is 2.29 bits per heavy atom. The number of halogens is 1. The predicted octanol–water partition coefficient (Wildman–Crippen LogP) is 8.90. The van der Waals surface area contributed by atoms with Gasteiger partial charge in [0.25, 0.3) is 0 Å². The molecule has 2 unspecified atom stereocenters. The van der Waals surface area contributed by atoms with Crippen molar-refractivity contribution < 1.29 is 18.2 Å². The first-order chi connectivity index (χ1) is 19.8. The van der Waals surface area contributed by atoms with Crippen molar-refractivity contribution in [1.29, 1.82) is 0 Å². The van der Waals surface area contributed by atoms with E-state index in [0.29, 0.717) is 18.5 Å². The molecule has 0 radical (unpaired) electrons. The van der Waals surface area contributed by atoms with Gasteiger partial charge in [0.15, 0.2) is 0 Å². The Balaban J connectivity index is 1.19. The second-order valence-corrected chi connectivity index (χ2v) is 13.4. The van der Waals surface area contributed by atoms with Gasteiger partial charge in [-0.3, -0.25) is 4.57 Å². The predicted molar refractivity (Wildman–Crippen MR) is 167 cm³/mol. The summed E-state index contributed by atoms with van der Waals surface area (Å²) in [5.41, 5.74) is 5.88. The fourth-order valence-corrected chi connectivity index (χ4v) is 6.28. The Morgan fingerprint density at radius 1 is 0.805 bits per heavy atom. The Bertz CT molecular complexity index is 1430. The van der Waals surface area contributed by atoms with Crippen LogP contribution in [0.2, 0.25) is 0 Å². The Morgan fingerprint density at radius 2 is 1.56 bits per heavy atom. The minimum absolute atomic E-state index is 0.119. The van der Waals surface area contributed by atoms with Crippen molar-refractivity contribution in [2.75, 3.05) is 26.0 Å². The van der Waals surface area contributed by atoms with Gasteiger partial charge in [0.2, 0.25) is 7.37 Å². The van der Waals surface area contributed by atoms with Crippen LogP contribution in [-0.2, 0) is 11.1 Å². The lowest BCUT2D eigenvalue weighted by atomic mass is 9.86. The maximum atomic E-state index is 14.0. The van der Waals surface area contributed by atoms with E-state index in [9.17, 15) is 8.96 Å². The van der Waals surface area contributed by atoms with E-state index >= 15 is 0 Å². The van der Waals surface area contributed by atoms with E-state index in [1.165, 1.54) is 28.3 Å². The smallest absolute Gasteiger partial charge is 0.245 e. The number of rotatable bonds is 15. The van der Waals surface area contributed by atoms with Crippen LogP contribution in [0.15, 0.2) is 97.1 Å². The minimum Gasteiger partial charge on any atom is -0.494 e. The summed E-state index contributed by atoms with van der Waals surface area (Å²) in [5, 5.41) is 3.42. The van der Waals surface area contributed by atoms with E-state index in [1.807, 2.05) is 48.5 Å². The van der Waals surface area contributed by atoms with Crippen LogP contribution in [0.1, 0.15) is 53.0 Å². The third-order valence-electron chi connectivity index (χ3n) is 7.30. The molecule has 0 aliphatic rings. The number of hydrogen-bond donors (Lipinski definition) is 1. The summed E-state index contributed by atoms with van der Waals surface area (Å²) in [5.74, 6) is 1.41. The van der Waals surface area contributed by atoms with Gasteiger partial charge >= 0.3 is 0 Å². The van der Waals surface area contributed by atoms with E-state index in [0.717, 1.165) is 43.7 Å². The third-order valence-corrected chi connectivity index (χ3v) is 9.03. The Labute approximate surface area is 244 Å². The van der Waals surface area contributed by atoms with Gasteiger partial charge in [-0.15, -0.1) is 0 Å². The fourth-order valence-electron chi connectivity index (χ4n) is 4.89. The van der Waals surface area contributed by atoms with Crippen LogP contribution in [-0.4, -0.2) is 26.0 Å². The third kappa shape index (κ3) is 9.88. The maximum absolute atomic E-state index is 14.0. The lowest BCUT2D eigenvalue weighted by Gasteiger charge is -2.19. The molecule has 0 spiro atoms. The molecule has 0 aliphatic carbocycles. The molecule has 0 bridgehead atoms. The molecule has 4 aromatic rings. The van der Waals surface area contributed by atoms with E-state index in [1.54, 1.807) is 18.8 Å². The van der Waals surface area contributed by atoms with E-state index in [-0.39, 0.29) is 11.7 Å². The molecule has 0 aromatic heterocycles. The second-order valence-electron chi connectivity index (χ2n) is 10.8. The first-order valence-corrected chi connectivity index (χ1v) is 16.6. The van der Waals surface area contributed by atoms with Crippen molar-refractivity contribution in [1.82, 2.24) is 5.32 Å². The van der Waals surface area contributed by atoms with Gasteiger partial charge in [-0.1, -0.05) is 60.7 Å². The van der Waals surface area contributed by atoms with Crippen molar-refractivity contribution in [2.24, 2.45) is 0 Å². The molecule has 2 atom stereocenters. The average Bonchev–Trinajstić information content (AvgIpc) is 2.95. The zero-order valence-electron chi connectivity index (χ0n) is 24.3. The van der Waals surface area contributed by atoms with Crippen LogP contribution in [0.4, 0.5) is 4.39 Å². The molecule has 0 aliphatic heterocycles. The standard InChI is InChI=1S/C35H41FNO3P/c1-27-15-18-31(24-28(27)2)35(30-10-7-11-32(36)25-30)14-8-22-39-33-19-16-29(17-20-33)26-37-21-9-23-41(3,38)40-34-12-5-4-6-13-34/h4-7,10-13,15-20,24-25,35,37H,8-9,14,21-23,26H2,1-3H3. The zero-order valence-corrected chi connectivity index (χ0v) is 25.2.